The Bertz CT molecular complexity index is 3100. The Morgan fingerprint density at radius 3 is 0.908 bits per heavy atom. The molecule has 0 spiro atoms. The summed E-state index contributed by atoms with van der Waals surface area (Å²) < 4.78 is 106. The van der Waals surface area contributed by atoms with Gasteiger partial charge in [-0.3, -0.25) is 14.4 Å². The molecule has 0 saturated heterocycles. The zero-order valence-corrected chi connectivity index (χ0v) is 45.6. The van der Waals surface area contributed by atoms with Gasteiger partial charge in [0.2, 0.25) is 0 Å². The fraction of sp³-hybridized carbons (Fsp3) is 0.333. The van der Waals surface area contributed by atoms with E-state index in [-0.39, 0.29) is 142 Å². The fourth-order valence-corrected chi connectivity index (χ4v) is 12.3. The summed E-state index contributed by atoms with van der Waals surface area (Å²) in [6.07, 6.45) is 0.0399. The smallest absolute Gasteiger partial charge is 0.344 e. The highest BCUT2D eigenvalue weighted by molar-refractivity contribution is 7.86. The van der Waals surface area contributed by atoms with E-state index in [2.05, 4.69) is 0 Å². The monoisotopic (exact) mass is 1260 g/mol. The summed E-state index contributed by atoms with van der Waals surface area (Å²) in [7, 11) is -4.67. The maximum Gasteiger partial charge on any atom is 0.344 e. The molecule has 0 N–H and O–H groups in total. The zero-order chi connectivity index (χ0) is 56.9. The molecule has 0 amide bonds. The molecule has 21 nitrogen and oxygen atoms in total. The lowest BCUT2D eigenvalue weighted by atomic mass is 10.0. The van der Waals surface area contributed by atoms with Gasteiger partial charge < -0.3 is 56.8 Å². The van der Waals surface area contributed by atoms with Gasteiger partial charge in [-0.25, -0.2) is 27.0 Å². The van der Waals surface area contributed by atoms with Gasteiger partial charge in [-0.05, 0) is 91.0 Å². The standard InChI is InChI=1S/C57H50O21S3.6CH4/c1-2-57(76-33-67-21-24-70-51(58)30-73-36-15-18-48-42(27-36)54(61)39-9-3-6-12-45(39)79(48)64,77-34-68-22-25-71-52(59)31-74-37-16-19-49-43(28-37)55(62)40-10-4-7-13-46(40)80(49)65)78-35-69-23-26-72-53(60)32-75-38-17-20-50-44(29-38)56(63)41-11-5-8-14-47(41)81(50)66;;;;;;/h3-20,27-29H,2,21-26,30-35H2,1H3;6*1H4. The molecule has 3 heterocycles. The van der Waals surface area contributed by atoms with Gasteiger partial charge >= 0.3 is 17.9 Å². The van der Waals surface area contributed by atoms with Crippen molar-refractivity contribution in [2.75, 3.05) is 79.8 Å². The first-order valence-corrected chi connectivity index (χ1v) is 28.4. The van der Waals surface area contributed by atoms with Crippen LogP contribution in [0.5, 0.6) is 17.2 Å². The quantitative estimate of drug-likeness (QED) is 0.0191. The average Bonchev–Trinajstić information content (AvgIpc) is 0.927. The van der Waals surface area contributed by atoms with Gasteiger partial charge in [-0.15, -0.1) is 0 Å². The second-order valence-corrected chi connectivity index (χ2v) is 21.6. The number of fused-ring (bicyclic) bond motifs is 6. The molecule has 0 aromatic heterocycles. The molecule has 0 saturated carbocycles. The molecule has 9 rings (SSSR count). The van der Waals surface area contributed by atoms with Crippen molar-refractivity contribution in [3.63, 3.8) is 0 Å². The second kappa shape index (κ2) is 34.6. The summed E-state index contributed by atoms with van der Waals surface area (Å²) in [5.74, 6) is -4.40. The van der Waals surface area contributed by atoms with Crippen LogP contribution in [0.3, 0.4) is 0 Å². The SMILES string of the molecule is C.C.C.C.C.C.CCC(OCOCCOC(=O)COc1ccc2c(c1)C(=O)c1ccccc1S2=O)(OCOCCOC(=O)COc1ccc2c(c1)C(=O)c1ccccc1S2=O)OCOCCOC(=O)COc1ccc2c(c1)C(=O)c1ccccc1S2=O. The molecule has 3 atom stereocenters. The zero-order valence-electron chi connectivity index (χ0n) is 43.1. The molecule has 3 unspecified atom stereocenters. The van der Waals surface area contributed by atoms with Crippen molar-refractivity contribution < 1.29 is 98.2 Å². The molecule has 3 aliphatic heterocycles. The number of rotatable bonds is 28. The van der Waals surface area contributed by atoms with Crippen LogP contribution in [0.4, 0.5) is 0 Å². The predicted molar refractivity (Wildman–Crippen MR) is 321 cm³/mol. The molecule has 0 radical (unpaired) electrons. The summed E-state index contributed by atoms with van der Waals surface area (Å²) in [6.45, 7) is -2.21. The first-order chi connectivity index (χ1) is 39.3. The Balaban J connectivity index is 0.00000330. The van der Waals surface area contributed by atoms with Gasteiger partial charge in [0, 0.05) is 39.8 Å². The largest absolute Gasteiger partial charge is 0.482 e. The van der Waals surface area contributed by atoms with E-state index in [1.54, 1.807) is 79.7 Å². The summed E-state index contributed by atoms with van der Waals surface area (Å²) in [6, 6.07) is 33.3. The van der Waals surface area contributed by atoms with Crippen molar-refractivity contribution >= 4 is 67.7 Å². The highest BCUT2D eigenvalue weighted by atomic mass is 32.2. The molecule has 470 valence electrons. The highest BCUT2D eigenvalue weighted by Crippen LogP contribution is 2.36. The lowest BCUT2D eigenvalue weighted by Crippen LogP contribution is -2.41. The molecule has 24 heteroatoms. The minimum atomic E-state index is -1.85. The van der Waals surface area contributed by atoms with Gasteiger partial charge in [0.25, 0.3) is 5.97 Å². The normalized spacial score (nSPS) is 15.1. The Hall–Kier alpha value is -7.65. The van der Waals surface area contributed by atoms with E-state index in [0.717, 1.165) is 0 Å². The van der Waals surface area contributed by atoms with Gasteiger partial charge in [-0.2, -0.15) is 0 Å². The predicted octanol–water partition coefficient (Wildman–Crippen LogP) is 9.84. The molecule has 3 aliphatic rings. The number of ketones is 3. The van der Waals surface area contributed by atoms with Crippen LogP contribution in [0.15, 0.2) is 157 Å². The van der Waals surface area contributed by atoms with Crippen LogP contribution < -0.4 is 14.2 Å². The number of ether oxygens (including phenoxy) is 12. The number of benzene rings is 6. The van der Waals surface area contributed by atoms with Crippen molar-refractivity contribution in [3.8, 4) is 17.2 Å². The molecule has 6 aromatic carbocycles. The lowest BCUT2D eigenvalue weighted by Gasteiger charge is -2.31. The summed E-state index contributed by atoms with van der Waals surface area (Å²) in [5.41, 5.74) is 1.62. The molecule has 0 bridgehead atoms. The van der Waals surface area contributed by atoms with Crippen molar-refractivity contribution in [1.82, 2.24) is 0 Å². The van der Waals surface area contributed by atoms with Crippen LogP contribution in [0.2, 0.25) is 0 Å². The third kappa shape index (κ3) is 17.8. The van der Waals surface area contributed by atoms with E-state index in [4.69, 9.17) is 56.8 Å². The number of carbonyl (C=O) groups excluding carboxylic acids is 6. The van der Waals surface area contributed by atoms with E-state index >= 15 is 0 Å². The third-order valence-electron chi connectivity index (χ3n) is 12.2. The number of esters is 3. The van der Waals surface area contributed by atoms with Gasteiger partial charge in [0.1, 0.15) is 37.1 Å². The minimum Gasteiger partial charge on any atom is -0.482 e. The van der Waals surface area contributed by atoms with Crippen LogP contribution in [0.1, 0.15) is 106 Å². The topological polar surface area (TPSA) is 264 Å². The number of hydrogen-bond donors (Lipinski definition) is 0. The van der Waals surface area contributed by atoms with Crippen LogP contribution in [0.25, 0.3) is 0 Å². The van der Waals surface area contributed by atoms with Crippen molar-refractivity contribution in [2.24, 2.45) is 0 Å². The number of hydrogen-bond acceptors (Lipinski definition) is 21. The fourth-order valence-electron chi connectivity index (χ4n) is 8.25. The average molecular weight is 1260 g/mol. The van der Waals surface area contributed by atoms with E-state index in [0.29, 0.717) is 46.1 Å². The first kappa shape index (κ1) is 73.6. The van der Waals surface area contributed by atoms with E-state index < -0.39 is 96.5 Å². The highest BCUT2D eigenvalue weighted by Gasteiger charge is 2.34. The van der Waals surface area contributed by atoms with Gasteiger partial charge in [-0.1, -0.05) is 87.9 Å². The molecular weight excluding hydrogens is 1190 g/mol. The third-order valence-corrected chi connectivity index (χ3v) is 16.8. The molecule has 0 fully saturated rings. The molecule has 87 heavy (non-hydrogen) atoms. The molecule has 0 aliphatic carbocycles. The van der Waals surface area contributed by atoms with E-state index in [9.17, 15) is 41.4 Å². The number of carbonyl (C=O) groups is 6. The summed E-state index contributed by atoms with van der Waals surface area (Å²) in [4.78, 5) is 79.2. The molecular formula is C63H74O21S3. The van der Waals surface area contributed by atoms with Crippen LogP contribution >= 0.6 is 0 Å². The van der Waals surface area contributed by atoms with Crippen molar-refractivity contribution in [3.05, 3.63) is 161 Å². The second-order valence-electron chi connectivity index (χ2n) is 17.3. The van der Waals surface area contributed by atoms with E-state index in [1.807, 2.05) is 0 Å². The summed E-state index contributed by atoms with van der Waals surface area (Å²) >= 11 is 0. The van der Waals surface area contributed by atoms with E-state index in [1.165, 1.54) is 54.6 Å². The van der Waals surface area contributed by atoms with Gasteiger partial charge in [0.05, 0.1) is 81.6 Å². The van der Waals surface area contributed by atoms with Crippen LogP contribution in [-0.2, 0) is 89.4 Å². The first-order valence-electron chi connectivity index (χ1n) is 24.9. The summed E-state index contributed by atoms with van der Waals surface area (Å²) in [5, 5.41) is 0. The Morgan fingerprint density at radius 1 is 0.368 bits per heavy atom. The van der Waals surface area contributed by atoms with Gasteiger partial charge in [0.15, 0.2) is 57.5 Å². The maximum absolute atomic E-state index is 13.1. The van der Waals surface area contributed by atoms with Crippen molar-refractivity contribution in [1.29, 1.82) is 0 Å². The minimum absolute atomic E-state index is 0. The Labute approximate surface area is 514 Å². The maximum atomic E-state index is 13.1. The Morgan fingerprint density at radius 2 is 0.632 bits per heavy atom. The Kier molecular flexibility index (Phi) is 29.3. The van der Waals surface area contributed by atoms with Crippen LogP contribution in [0, 0.1) is 0 Å². The lowest BCUT2D eigenvalue weighted by molar-refractivity contribution is -0.427. The van der Waals surface area contributed by atoms with Crippen molar-refractivity contribution in [2.45, 2.75) is 93.3 Å². The van der Waals surface area contributed by atoms with Crippen LogP contribution in [-0.4, -0.2) is 134 Å². The molecule has 6 aromatic rings.